The van der Waals surface area contributed by atoms with Gasteiger partial charge in [0.1, 0.15) is 11.4 Å². The van der Waals surface area contributed by atoms with E-state index in [2.05, 4.69) is 11.9 Å². The molecule has 3 aromatic heterocycles. The van der Waals surface area contributed by atoms with Crippen molar-refractivity contribution in [2.24, 2.45) is 5.92 Å². The molecule has 0 unspecified atom stereocenters. The van der Waals surface area contributed by atoms with E-state index in [0.717, 1.165) is 40.6 Å². The lowest BCUT2D eigenvalue weighted by molar-refractivity contribution is -0.131. The smallest absolute Gasteiger partial charge is 0.262 e. The molecule has 0 spiro atoms. The minimum Gasteiger partial charge on any atom is -0.340 e. The molecule has 1 amide bonds. The summed E-state index contributed by atoms with van der Waals surface area (Å²) in [6.07, 6.45) is 4.59. The van der Waals surface area contributed by atoms with Gasteiger partial charge in [0.25, 0.3) is 5.56 Å². The summed E-state index contributed by atoms with van der Waals surface area (Å²) in [6, 6.07) is 2.01. The molecular formula is C19H21N3O2S2. The molecule has 1 aliphatic carbocycles. The van der Waals surface area contributed by atoms with Crippen molar-refractivity contribution >= 4 is 38.8 Å². The van der Waals surface area contributed by atoms with E-state index < -0.39 is 0 Å². The quantitative estimate of drug-likeness (QED) is 0.690. The Hall–Kier alpha value is -1.99. The van der Waals surface area contributed by atoms with E-state index in [0.29, 0.717) is 12.5 Å². The van der Waals surface area contributed by atoms with Gasteiger partial charge in [0.15, 0.2) is 0 Å². The number of aryl methyl sites for hydroxylation is 1. The van der Waals surface area contributed by atoms with E-state index in [4.69, 9.17) is 0 Å². The van der Waals surface area contributed by atoms with E-state index >= 15 is 0 Å². The third-order valence-corrected chi connectivity index (χ3v) is 6.91. The number of hydrogen-bond acceptors (Lipinski definition) is 5. The summed E-state index contributed by atoms with van der Waals surface area (Å²) in [4.78, 5) is 33.8. The van der Waals surface area contributed by atoms with Crippen molar-refractivity contribution in [2.45, 2.75) is 39.3 Å². The average molecular weight is 388 g/mol. The second kappa shape index (κ2) is 6.96. The summed E-state index contributed by atoms with van der Waals surface area (Å²) < 4.78 is 1.46. The first kappa shape index (κ1) is 17.4. The van der Waals surface area contributed by atoms with Crippen LogP contribution in [0.5, 0.6) is 0 Å². The van der Waals surface area contributed by atoms with Crippen LogP contribution in [0.2, 0.25) is 0 Å². The highest BCUT2D eigenvalue weighted by atomic mass is 32.1. The largest absolute Gasteiger partial charge is 0.340 e. The third-order valence-electron chi connectivity index (χ3n) is 5.01. The zero-order chi connectivity index (χ0) is 18.3. The van der Waals surface area contributed by atoms with Crippen molar-refractivity contribution in [1.82, 2.24) is 14.5 Å². The summed E-state index contributed by atoms with van der Waals surface area (Å²) in [5, 5.41) is 4.76. The summed E-state index contributed by atoms with van der Waals surface area (Å²) in [6.45, 7) is 2.84. The molecule has 5 nitrogen and oxygen atoms in total. The minimum absolute atomic E-state index is 0.0312. The number of thiophene rings is 2. The van der Waals surface area contributed by atoms with Gasteiger partial charge in [0.2, 0.25) is 5.91 Å². The van der Waals surface area contributed by atoms with Crippen LogP contribution in [0.1, 0.15) is 29.3 Å². The first-order valence-corrected chi connectivity index (χ1v) is 10.5. The van der Waals surface area contributed by atoms with Crippen LogP contribution >= 0.6 is 22.7 Å². The number of rotatable bonds is 4. The molecular weight excluding hydrogens is 366 g/mol. The SMILES string of the molecule is C[C@@H]1CCc2c(sc3ncn(CC(=O)N(C)Cc4ccsc4)c(=O)c23)C1. The summed E-state index contributed by atoms with van der Waals surface area (Å²) in [7, 11) is 1.77. The maximum atomic E-state index is 13.0. The minimum atomic E-state index is -0.0860. The first-order valence-electron chi connectivity index (χ1n) is 8.77. The molecule has 0 aromatic carbocycles. The molecule has 7 heteroatoms. The van der Waals surface area contributed by atoms with Crippen LogP contribution in [0.25, 0.3) is 10.2 Å². The molecule has 0 N–H and O–H groups in total. The number of aromatic nitrogens is 2. The van der Waals surface area contributed by atoms with Gasteiger partial charge in [0, 0.05) is 18.5 Å². The predicted octanol–water partition coefficient (Wildman–Crippen LogP) is 3.30. The van der Waals surface area contributed by atoms with E-state index in [1.54, 1.807) is 34.6 Å². The predicted molar refractivity (Wildman–Crippen MR) is 106 cm³/mol. The number of amides is 1. The topological polar surface area (TPSA) is 55.2 Å². The fourth-order valence-corrected chi connectivity index (χ4v) is 5.49. The lowest BCUT2D eigenvalue weighted by Crippen LogP contribution is -2.33. The molecule has 0 saturated heterocycles. The lowest BCUT2D eigenvalue weighted by atomic mass is 9.89. The molecule has 0 radical (unpaired) electrons. The van der Waals surface area contributed by atoms with Crippen molar-refractivity contribution in [3.05, 3.63) is 49.5 Å². The van der Waals surface area contributed by atoms with E-state index in [-0.39, 0.29) is 18.0 Å². The molecule has 1 atom stereocenters. The van der Waals surface area contributed by atoms with Gasteiger partial charge in [-0.2, -0.15) is 11.3 Å². The zero-order valence-electron chi connectivity index (χ0n) is 14.9. The molecule has 1 aliphatic rings. The summed E-state index contributed by atoms with van der Waals surface area (Å²) in [5.74, 6) is 0.572. The Bertz CT molecular complexity index is 1000. The zero-order valence-corrected chi connectivity index (χ0v) is 16.5. The normalized spacial score (nSPS) is 16.6. The molecule has 4 rings (SSSR count). The van der Waals surface area contributed by atoms with Gasteiger partial charge in [0.05, 0.1) is 11.7 Å². The number of likely N-dealkylation sites (N-methyl/N-ethyl adjacent to an activating group) is 1. The Balaban J connectivity index is 1.60. The second-order valence-electron chi connectivity index (χ2n) is 7.09. The highest BCUT2D eigenvalue weighted by Gasteiger charge is 2.23. The molecule has 3 heterocycles. The van der Waals surface area contributed by atoms with Gasteiger partial charge >= 0.3 is 0 Å². The highest BCUT2D eigenvalue weighted by Crippen LogP contribution is 2.35. The first-order chi connectivity index (χ1) is 12.5. The van der Waals surface area contributed by atoms with Crippen molar-refractivity contribution in [3.8, 4) is 0 Å². The molecule has 3 aromatic rings. The fraction of sp³-hybridized carbons (Fsp3) is 0.421. The number of hydrogen-bond donors (Lipinski definition) is 0. The van der Waals surface area contributed by atoms with Crippen molar-refractivity contribution < 1.29 is 4.79 Å². The summed E-state index contributed by atoms with van der Waals surface area (Å²) >= 11 is 3.25. The maximum absolute atomic E-state index is 13.0. The second-order valence-corrected chi connectivity index (χ2v) is 8.95. The summed E-state index contributed by atoms with van der Waals surface area (Å²) in [5.41, 5.74) is 2.18. The number of carbonyl (C=O) groups excluding carboxylic acids is 1. The average Bonchev–Trinajstić information content (AvgIpc) is 3.24. The Labute approximate surface area is 159 Å². The third kappa shape index (κ3) is 3.21. The molecule has 136 valence electrons. The molecule has 0 bridgehead atoms. The number of nitrogens with zero attached hydrogens (tertiary/aromatic N) is 3. The maximum Gasteiger partial charge on any atom is 0.262 e. The van der Waals surface area contributed by atoms with Crippen LogP contribution in [-0.4, -0.2) is 27.4 Å². The van der Waals surface area contributed by atoms with Crippen LogP contribution in [-0.2, 0) is 30.7 Å². The Morgan fingerprint density at radius 1 is 1.46 bits per heavy atom. The van der Waals surface area contributed by atoms with E-state index in [1.165, 1.54) is 15.8 Å². The Kier molecular flexibility index (Phi) is 4.67. The van der Waals surface area contributed by atoms with Crippen LogP contribution in [0.4, 0.5) is 0 Å². The molecule has 0 fully saturated rings. The molecule has 0 saturated carbocycles. The van der Waals surface area contributed by atoms with Gasteiger partial charge in [-0.3, -0.25) is 14.2 Å². The lowest BCUT2D eigenvalue weighted by Gasteiger charge is -2.18. The fourth-order valence-electron chi connectivity index (χ4n) is 3.49. The van der Waals surface area contributed by atoms with Crippen molar-refractivity contribution in [1.29, 1.82) is 0 Å². The van der Waals surface area contributed by atoms with E-state index in [1.807, 2.05) is 16.8 Å². The van der Waals surface area contributed by atoms with Crippen molar-refractivity contribution in [2.75, 3.05) is 7.05 Å². The van der Waals surface area contributed by atoms with E-state index in [9.17, 15) is 9.59 Å². The highest BCUT2D eigenvalue weighted by molar-refractivity contribution is 7.18. The monoisotopic (exact) mass is 387 g/mol. The van der Waals surface area contributed by atoms with Crippen LogP contribution < -0.4 is 5.56 Å². The van der Waals surface area contributed by atoms with Gasteiger partial charge in [-0.1, -0.05) is 6.92 Å². The van der Waals surface area contributed by atoms with Gasteiger partial charge in [-0.25, -0.2) is 4.98 Å². The number of carbonyl (C=O) groups is 1. The van der Waals surface area contributed by atoms with Gasteiger partial charge in [-0.05, 0) is 53.1 Å². The van der Waals surface area contributed by atoms with Crippen molar-refractivity contribution in [3.63, 3.8) is 0 Å². The Morgan fingerprint density at radius 3 is 3.08 bits per heavy atom. The van der Waals surface area contributed by atoms with Crippen LogP contribution in [0, 0.1) is 5.92 Å². The Morgan fingerprint density at radius 2 is 2.31 bits per heavy atom. The van der Waals surface area contributed by atoms with Crippen LogP contribution in [0.15, 0.2) is 27.9 Å². The van der Waals surface area contributed by atoms with Gasteiger partial charge < -0.3 is 4.90 Å². The standard InChI is InChI=1S/C19H21N3O2S2/c1-12-3-4-14-15(7-12)26-18-17(14)19(24)22(11-20-18)9-16(23)21(2)8-13-5-6-25-10-13/h5-6,10-12H,3-4,7-9H2,1-2H3/t12-/m1/s1. The molecule has 0 aliphatic heterocycles. The molecule has 26 heavy (non-hydrogen) atoms. The van der Waals surface area contributed by atoms with Gasteiger partial charge in [-0.15, -0.1) is 11.3 Å². The van der Waals surface area contributed by atoms with Crippen LogP contribution in [0.3, 0.4) is 0 Å². The number of fused-ring (bicyclic) bond motifs is 3.